The number of rotatable bonds is 2. The molecule has 0 aromatic heterocycles. The minimum Gasteiger partial charge on any atom is -0.378 e. The van der Waals surface area contributed by atoms with Gasteiger partial charge in [0.2, 0.25) is 0 Å². The van der Waals surface area contributed by atoms with Crippen molar-refractivity contribution in [3.63, 3.8) is 0 Å². The lowest BCUT2D eigenvalue weighted by molar-refractivity contribution is 0.0721. The Hall–Kier alpha value is -0.0400. The largest absolute Gasteiger partial charge is 0.378 e. The Labute approximate surface area is 81.9 Å². The van der Waals surface area contributed by atoms with Gasteiger partial charge in [0.05, 0.1) is 12.7 Å². The van der Waals surface area contributed by atoms with Crippen LogP contribution in [0.4, 0.5) is 0 Å². The van der Waals surface area contributed by atoms with E-state index in [1.807, 2.05) is 0 Å². The third-order valence-electron chi connectivity index (χ3n) is 4.76. The predicted octanol–water partition coefficient (Wildman–Crippen LogP) is 3.24. The Morgan fingerprint density at radius 2 is 2.31 bits per heavy atom. The first kappa shape index (κ1) is 9.51. The fourth-order valence-electron chi connectivity index (χ4n) is 3.16. The van der Waals surface area contributed by atoms with Gasteiger partial charge in [-0.2, -0.15) is 0 Å². The van der Waals surface area contributed by atoms with E-state index in [0.29, 0.717) is 11.5 Å². The van der Waals surface area contributed by atoms with Crippen LogP contribution in [-0.2, 0) is 4.74 Å². The van der Waals surface area contributed by atoms with Crippen molar-refractivity contribution in [1.82, 2.24) is 0 Å². The second-order valence-corrected chi connectivity index (χ2v) is 5.24. The Morgan fingerprint density at radius 1 is 1.54 bits per heavy atom. The van der Waals surface area contributed by atoms with Crippen molar-refractivity contribution >= 4 is 0 Å². The molecule has 0 spiro atoms. The van der Waals surface area contributed by atoms with Crippen molar-refractivity contribution in [3.05, 3.63) is 0 Å². The quantitative estimate of drug-likeness (QED) is 0.637. The van der Waals surface area contributed by atoms with Crippen molar-refractivity contribution < 1.29 is 4.74 Å². The minimum absolute atomic E-state index is 0.571. The van der Waals surface area contributed by atoms with Crippen LogP contribution in [0.15, 0.2) is 0 Å². The van der Waals surface area contributed by atoms with Crippen molar-refractivity contribution in [2.24, 2.45) is 17.3 Å². The van der Waals surface area contributed by atoms with Gasteiger partial charge < -0.3 is 4.74 Å². The van der Waals surface area contributed by atoms with Crippen LogP contribution in [0.1, 0.15) is 46.5 Å². The molecule has 1 heteroatoms. The molecule has 0 aromatic carbocycles. The summed E-state index contributed by atoms with van der Waals surface area (Å²) < 4.78 is 5.77. The van der Waals surface area contributed by atoms with E-state index in [0.717, 1.165) is 18.4 Å². The molecule has 2 fully saturated rings. The van der Waals surface area contributed by atoms with Gasteiger partial charge in [0.15, 0.2) is 0 Å². The van der Waals surface area contributed by atoms with E-state index in [1.165, 1.54) is 25.7 Å². The van der Waals surface area contributed by atoms with E-state index in [2.05, 4.69) is 20.8 Å². The highest BCUT2D eigenvalue weighted by Gasteiger charge is 2.46. The maximum atomic E-state index is 5.77. The van der Waals surface area contributed by atoms with Gasteiger partial charge in [-0.05, 0) is 36.5 Å². The molecule has 1 heterocycles. The molecule has 4 atom stereocenters. The molecule has 1 nitrogen and oxygen atoms in total. The molecular formula is C12H22O. The van der Waals surface area contributed by atoms with E-state index < -0.39 is 0 Å². The van der Waals surface area contributed by atoms with Crippen LogP contribution in [-0.4, -0.2) is 12.7 Å². The molecule has 76 valence electrons. The molecule has 1 saturated carbocycles. The summed E-state index contributed by atoms with van der Waals surface area (Å²) in [6, 6.07) is 0. The molecule has 1 saturated heterocycles. The predicted molar refractivity (Wildman–Crippen MR) is 54.6 cm³/mol. The minimum atomic E-state index is 0.571. The Morgan fingerprint density at radius 3 is 3.00 bits per heavy atom. The van der Waals surface area contributed by atoms with Gasteiger partial charge in [-0.15, -0.1) is 0 Å². The molecule has 4 unspecified atom stereocenters. The third kappa shape index (κ3) is 1.41. The van der Waals surface area contributed by atoms with Gasteiger partial charge >= 0.3 is 0 Å². The maximum absolute atomic E-state index is 5.77. The van der Waals surface area contributed by atoms with Crippen LogP contribution in [0.25, 0.3) is 0 Å². The topological polar surface area (TPSA) is 9.23 Å². The monoisotopic (exact) mass is 182 g/mol. The molecule has 0 aromatic rings. The van der Waals surface area contributed by atoms with Crippen LogP contribution >= 0.6 is 0 Å². The van der Waals surface area contributed by atoms with Gasteiger partial charge in [-0.25, -0.2) is 0 Å². The zero-order valence-corrected chi connectivity index (χ0v) is 9.18. The molecule has 2 rings (SSSR count). The van der Waals surface area contributed by atoms with Crippen molar-refractivity contribution in [2.75, 3.05) is 6.61 Å². The smallest absolute Gasteiger partial charge is 0.0579 e. The molecule has 0 amide bonds. The average Bonchev–Trinajstić information content (AvgIpc) is 2.56. The molecule has 0 N–H and O–H groups in total. The highest BCUT2D eigenvalue weighted by atomic mass is 16.5. The fraction of sp³-hybridized carbons (Fsp3) is 1.00. The van der Waals surface area contributed by atoms with Crippen molar-refractivity contribution in [2.45, 2.75) is 52.6 Å². The fourth-order valence-corrected chi connectivity index (χ4v) is 3.16. The van der Waals surface area contributed by atoms with E-state index in [-0.39, 0.29) is 0 Å². The summed E-state index contributed by atoms with van der Waals surface area (Å²) in [7, 11) is 0. The lowest BCUT2D eigenvalue weighted by atomic mass is 9.61. The summed E-state index contributed by atoms with van der Waals surface area (Å²) in [6.45, 7) is 8.25. The number of hydrogen-bond acceptors (Lipinski definition) is 1. The first-order valence-corrected chi connectivity index (χ1v) is 5.78. The Kier molecular flexibility index (Phi) is 2.39. The lowest BCUT2D eigenvalue weighted by Crippen LogP contribution is -2.37. The highest BCUT2D eigenvalue weighted by Crippen LogP contribution is 2.51. The summed E-state index contributed by atoms with van der Waals surface area (Å²) >= 11 is 0. The zero-order chi connectivity index (χ0) is 9.47. The van der Waals surface area contributed by atoms with Crippen LogP contribution in [0.2, 0.25) is 0 Å². The lowest BCUT2D eigenvalue weighted by Gasteiger charge is -2.42. The van der Waals surface area contributed by atoms with Gasteiger partial charge in [0, 0.05) is 0 Å². The average molecular weight is 182 g/mol. The van der Waals surface area contributed by atoms with Gasteiger partial charge in [-0.3, -0.25) is 0 Å². The van der Waals surface area contributed by atoms with E-state index >= 15 is 0 Å². The number of ether oxygens (including phenoxy) is 1. The third-order valence-corrected chi connectivity index (χ3v) is 4.76. The molecule has 1 aliphatic heterocycles. The van der Waals surface area contributed by atoms with Crippen molar-refractivity contribution in [3.8, 4) is 0 Å². The second kappa shape index (κ2) is 3.27. The van der Waals surface area contributed by atoms with E-state index in [9.17, 15) is 0 Å². The number of hydrogen-bond donors (Lipinski definition) is 0. The summed E-state index contributed by atoms with van der Waals surface area (Å²) in [5.41, 5.74) is 0.571. The molecule has 2 aliphatic rings. The molecule has 13 heavy (non-hydrogen) atoms. The molecule has 0 radical (unpaired) electrons. The summed E-state index contributed by atoms with van der Waals surface area (Å²) in [4.78, 5) is 0. The van der Waals surface area contributed by atoms with Crippen LogP contribution in [0, 0.1) is 17.3 Å². The zero-order valence-electron chi connectivity index (χ0n) is 9.18. The van der Waals surface area contributed by atoms with Crippen LogP contribution in [0.5, 0.6) is 0 Å². The normalized spacial score (nSPS) is 46.4. The maximum Gasteiger partial charge on any atom is 0.0579 e. The SMILES string of the molecule is CCC(C)C1(C)CCC2CC1CO2. The summed E-state index contributed by atoms with van der Waals surface area (Å²) in [5.74, 6) is 1.71. The Bertz CT molecular complexity index is 190. The van der Waals surface area contributed by atoms with Crippen LogP contribution in [0.3, 0.4) is 0 Å². The van der Waals surface area contributed by atoms with E-state index in [4.69, 9.17) is 4.74 Å². The van der Waals surface area contributed by atoms with Crippen LogP contribution < -0.4 is 0 Å². The first-order valence-electron chi connectivity index (χ1n) is 5.78. The summed E-state index contributed by atoms with van der Waals surface area (Å²) in [6.07, 6.45) is 5.95. The Balaban J connectivity index is 2.12. The van der Waals surface area contributed by atoms with Gasteiger partial charge in [0.25, 0.3) is 0 Å². The molecular weight excluding hydrogens is 160 g/mol. The first-order chi connectivity index (χ1) is 6.16. The number of fused-ring (bicyclic) bond motifs is 2. The highest BCUT2D eigenvalue weighted by molar-refractivity contribution is 4.95. The molecule has 2 bridgehead atoms. The van der Waals surface area contributed by atoms with Gasteiger partial charge in [0.1, 0.15) is 0 Å². The summed E-state index contributed by atoms with van der Waals surface area (Å²) in [5, 5.41) is 0. The van der Waals surface area contributed by atoms with E-state index in [1.54, 1.807) is 0 Å². The molecule has 1 aliphatic carbocycles. The standard InChI is InChI=1S/C12H22O/c1-4-9(2)12(3)6-5-11-7-10(12)8-13-11/h9-11H,4-8H2,1-3H3. The second-order valence-electron chi connectivity index (χ2n) is 5.24. The van der Waals surface area contributed by atoms with Crippen molar-refractivity contribution in [1.29, 1.82) is 0 Å². The van der Waals surface area contributed by atoms with Gasteiger partial charge in [-0.1, -0.05) is 27.2 Å².